The minimum absolute atomic E-state index is 0.159. The Morgan fingerprint density at radius 3 is 2.61 bits per heavy atom. The van der Waals surface area contributed by atoms with Crippen LogP contribution in [0, 0.1) is 0 Å². The summed E-state index contributed by atoms with van der Waals surface area (Å²) in [7, 11) is -4.70. The molecule has 1 aliphatic heterocycles. The first-order valence-electron chi connectivity index (χ1n) is 7.47. The second-order valence-electron chi connectivity index (χ2n) is 5.49. The summed E-state index contributed by atoms with van der Waals surface area (Å²) in [5.74, 6) is -0.400. The summed E-state index contributed by atoms with van der Waals surface area (Å²) >= 11 is 0. The summed E-state index contributed by atoms with van der Waals surface area (Å²) in [6, 6.07) is 4.78. The van der Waals surface area contributed by atoms with Crippen molar-refractivity contribution in [2.24, 2.45) is 0 Å². The number of rotatable bonds is 5. The van der Waals surface area contributed by atoms with Crippen LogP contribution in [-0.2, 0) is 26.2 Å². The first kappa shape index (κ1) is 17.4. The van der Waals surface area contributed by atoms with Crippen molar-refractivity contribution in [3.05, 3.63) is 29.8 Å². The number of hydrogen-bond acceptors (Lipinski definition) is 4. The van der Waals surface area contributed by atoms with E-state index in [2.05, 4.69) is 10.6 Å². The van der Waals surface area contributed by atoms with Crippen LogP contribution in [0.1, 0.15) is 31.2 Å². The largest absolute Gasteiger partial charge is 0.354 e. The highest BCUT2D eigenvalue weighted by molar-refractivity contribution is 7.86. The first-order valence-corrected chi connectivity index (χ1v) is 8.85. The number of carbonyl (C=O) groups is 2. The topological polar surface area (TPSA) is 92.3 Å². The van der Waals surface area contributed by atoms with Gasteiger partial charge in [0.2, 0.25) is 11.8 Å². The molecular weight excluding hydrogens is 323 g/mol. The van der Waals surface area contributed by atoms with Crippen LogP contribution in [0.2, 0.25) is 0 Å². The Kier molecular flexibility index (Phi) is 5.70. The number of aryl methyl sites for hydroxylation is 1. The fraction of sp³-hybridized carbons (Fsp3) is 0.467. The third-order valence-electron chi connectivity index (χ3n) is 3.72. The van der Waals surface area contributed by atoms with Gasteiger partial charge < -0.3 is 10.6 Å². The molecule has 0 saturated carbocycles. The second kappa shape index (κ2) is 7.54. The van der Waals surface area contributed by atoms with E-state index in [9.17, 15) is 21.9 Å². The summed E-state index contributed by atoms with van der Waals surface area (Å²) in [6.45, 7) is 0.634. The molecule has 1 saturated heterocycles. The lowest BCUT2D eigenvalue weighted by Crippen LogP contribution is -2.45. The van der Waals surface area contributed by atoms with E-state index in [1.54, 1.807) is 0 Å². The van der Waals surface area contributed by atoms with Gasteiger partial charge in [-0.1, -0.05) is 12.1 Å². The van der Waals surface area contributed by atoms with Crippen LogP contribution in [0.3, 0.4) is 0 Å². The Morgan fingerprint density at radius 1 is 1.26 bits per heavy atom. The van der Waals surface area contributed by atoms with E-state index in [1.165, 1.54) is 24.3 Å². The van der Waals surface area contributed by atoms with Crippen LogP contribution in [-0.4, -0.2) is 32.8 Å². The van der Waals surface area contributed by atoms with E-state index in [-0.39, 0.29) is 18.2 Å². The lowest BCUT2D eigenvalue weighted by atomic mass is 10.1. The quantitative estimate of drug-likeness (QED) is 0.783. The molecule has 2 amide bonds. The van der Waals surface area contributed by atoms with Crippen molar-refractivity contribution in [1.82, 2.24) is 10.6 Å². The zero-order valence-electron chi connectivity index (χ0n) is 12.5. The zero-order chi connectivity index (χ0) is 16.9. The van der Waals surface area contributed by atoms with Crippen LogP contribution in [0.25, 0.3) is 0 Å². The molecule has 0 bridgehead atoms. The van der Waals surface area contributed by atoms with Crippen LogP contribution < -0.4 is 10.6 Å². The highest BCUT2D eigenvalue weighted by Crippen LogP contribution is 2.14. The van der Waals surface area contributed by atoms with Crippen LogP contribution in [0.4, 0.5) is 3.89 Å². The number of nitrogens with one attached hydrogen (secondary N) is 2. The molecule has 0 radical (unpaired) electrons. The van der Waals surface area contributed by atoms with Gasteiger partial charge in [0.15, 0.2) is 0 Å². The van der Waals surface area contributed by atoms with Crippen molar-refractivity contribution in [3.8, 4) is 0 Å². The summed E-state index contributed by atoms with van der Waals surface area (Å²) < 4.78 is 34.2. The van der Waals surface area contributed by atoms with E-state index in [0.29, 0.717) is 19.4 Å². The summed E-state index contributed by atoms with van der Waals surface area (Å²) in [4.78, 5) is 23.3. The molecule has 0 spiro atoms. The minimum atomic E-state index is -4.70. The van der Waals surface area contributed by atoms with Crippen LogP contribution in [0.5, 0.6) is 0 Å². The SMILES string of the molecule is O=C(CCc1ccc(S(=O)(=O)F)cc1)NC1CCCCNC1=O. The van der Waals surface area contributed by atoms with E-state index in [4.69, 9.17) is 0 Å². The average molecular weight is 342 g/mol. The highest BCUT2D eigenvalue weighted by atomic mass is 32.3. The minimum Gasteiger partial charge on any atom is -0.354 e. The number of hydrogen-bond donors (Lipinski definition) is 2. The molecular formula is C15H19FN2O4S. The van der Waals surface area contributed by atoms with Gasteiger partial charge in [-0.05, 0) is 43.4 Å². The van der Waals surface area contributed by atoms with Crippen molar-refractivity contribution in [1.29, 1.82) is 0 Å². The molecule has 2 rings (SSSR count). The molecule has 1 heterocycles. The van der Waals surface area contributed by atoms with E-state index in [1.807, 2.05) is 0 Å². The van der Waals surface area contributed by atoms with Gasteiger partial charge in [0.25, 0.3) is 0 Å². The Hall–Kier alpha value is -1.96. The lowest BCUT2D eigenvalue weighted by Gasteiger charge is -2.15. The smallest absolute Gasteiger partial charge is 0.332 e. The predicted octanol–water partition coefficient (Wildman–Crippen LogP) is 1.06. The van der Waals surface area contributed by atoms with Gasteiger partial charge >= 0.3 is 10.2 Å². The molecule has 1 aromatic carbocycles. The molecule has 2 N–H and O–H groups in total. The van der Waals surface area contributed by atoms with Gasteiger partial charge in [-0.3, -0.25) is 9.59 Å². The molecule has 0 aromatic heterocycles. The maximum atomic E-state index is 12.8. The van der Waals surface area contributed by atoms with Gasteiger partial charge in [0, 0.05) is 13.0 Å². The zero-order valence-corrected chi connectivity index (χ0v) is 13.4. The van der Waals surface area contributed by atoms with E-state index in [0.717, 1.165) is 18.4 Å². The Balaban J connectivity index is 1.85. The summed E-state index contributed by atoms with van der Waals surface area (Å²) in [5.41, 5.74) is 0.720. The third-order valence-corrected chi connectivity index (χ3v) is 4.55. The first-order chi connectivity index (χ1) is 10.9. The summed E-state index contributed by atoms with van der Waals surface area (Å²) in [5, 5.41) is 5.46. The van der Waals surface area contributed by atoms with E-state index < -0.39 is 21.2 Å². The molecule has 8 heteroatoms. The normalized spacial score (nSPS) is 18.8. The molecule has 126 valence electrons. The van der Waals surface area contributed by atoms with Gasteiger partial charge in [0.1, 0.15) is 6.04 Å². The van der Waals surface area contributed by atoms with E-state index >= 15 is 0 Å². The maximum Gasteiger partial charge on any atom is 0.332 e. The summed E-state index contributed by atoms with van der Waals surface area (Å²) in [6.07, 6.45) is 2.96. The van der Waals surface area contributed by atoms with Crippen molar-refractivity contribution < 1.29 is 21.9 Å². The molecule has 6 nitrogen and oxygen atoms in total. The van der Waals surface area contributed by atoms with Crippen molar-refractivity contribution in [2.45, 2.75) is 43.0 Å². The van der Waals surface area contributed by atoms with Crippen molar-refractivity contribution in [3.63, 3.8) is 0 Å². The second-order valence-corrected chi connectivity index (χ2v) is 6.84. The molecule has 0 aliphatic carbocycles. The van der Waals surface area contributed by atoms with Gasteiger partial charge in [-0.25, -0.2) is 0 Å². The van der Waals surface area contributed by atoms with Crippen molar-refractivity contribution in [2.75, 3.05) is 6.54 Å². The van der Waals surface area contributed by atoms with Gasteiger partial charge in [-0.2, -0.15) is 8.42 Å². The number of halogens is 1. The molecule has 1 unspecified atom stereocenters. The number of amides is 2. The monoisotopic (exact) mass is 342 g/mol. The fourth-order valence-corrected chi connectivity index (χ4v) is 2.88. The van der Waals surface area contributed by atoms with Gasteiger partial charge in [-0.15, -0.1) is 3.89 Å². The highest BCUT2D eigenvalue weighted by Gasteiger charge is 2.22. The Labute approximate surface area is 134 Å². The lowest BCUT2D eigenvalue weighted by molar-refractivity contribution is -0.128. The third kappa shape index (κ3) is 5.31. The Bertz CT molecular complexity index is 673. The van der Waals surface area contributed by atoms with Crippen LogP contribution in [0.15, 0.2) is 29.2 Å². The predicted molar refractivity (Wildman–Crippen MR) is 81.8 cm³/mol. The molecule has 1 atom stereocenters. The molecule has 23 heavy (non-hydrogen) atoms. The average Bonchev–Trinajstić information content (AvgIpc) is 2.70. The molecule has 1 fully saturated rings. The molecule has 1 aliphatic rings. The maximum absolute atomic E-state index is 12.8. The van der Waals surface area contributed by atoms with Crippen molar-refractivity contribution >= 4 is 22.0 Å². The number of benzene rings is 1. The molecule has 1 aromatic rings. The number of carbonyl (C=O) groups excluding carboxylic acids is 2. The van der Waals surface area contributed by atoms with Gasteiger partial charge in [0.05, 0.1) is 4.90 Å². The Morgan fingerprint density at radius 2 is 1.96 bits per heavy atom. The van der Waals surface area contributed by atoms with Crippen LogP contribution >= 0.6 is 0 Å². The standard InChI is InChI=1S/C15H19FN2O4S/c16-23(21,22)12-7-4-11(5-8-12)6-9-14(19)18-13-3-1-2-10-17-15(13)20/h4-5,7-8,13H,1-3,6,9-10H2,(H,17,20)(H,18,19). The fourth-order valence-electron chi connectivity index (χ4n) is 2.42.